The summed E-state index contributed by atoms with van der Waals surface area (Å²) >= 11 is 1.30. The van der Waals surface area contributed by atoms with Crippen molar-refractivity contribution in [3.8, 4) is 11.8 Å². The van der Waals surface area contributed by atoms with Gasteiger partial charge in [-0.25, -0.2) is 9.78 Å². The van der Waals surface area contributed by atoms with Crippen molar-refractivity contribution in [1.82, 2.24) is 14.5 Å². The zero-order valence-corrected chi connectivity index (χ0v) is 18.2. The summed E-state index contributed by atoms with van der Waals surface area (Å²) in [6.45, 7) is 3.98. The molecule has 2 heterocycles. The zero-order valence-electron chi connectivity index (χ0n) is 17.3. The summed E-state index contributed by atoms with van der Waals surface area (Å²) in [6.07, 6.45) is 1.86. The molecule has 0 fully saturated rings. The molecule has 4 aromatic rings. The summed E-state index contributed by atoms with van der Waals surface area (Å²) in [4.78, 5) is 20.2. The monoisotopic (exact) mass is 428 g/mol. The molecule has 0 unspecified atom stereocenters. The lowest BCUT2D eigenvalue weighted by Crippen LogP contribution is -2.04. The molecule has 6 nitrogen and oxygen atoms in total. The molecule has 0 aliphatic rings. The summed E-state index contributed by atoms with van der Waals surface area (Å²) < 4.78 is 6.89. The van der Waals surface area contributed by atoms with E-state index < -0.39 is 0 Å². The third-order valence-corrected chi connectivity index (χ3v) is 5.78. The Bertz CT molecular complexity index is 1320. The highest BCUT2D eigenvalue weighted by Crippen LogP contribution is 2.30. The summed E-state index contributed by atoms with van der Waals surface area (Å²) in [5, 5.41) is 10.4. The maximum absolute atomic E-state index is 11.9. The lowest BCUT2D eigenvalue weighted by atomic mass is 10.2. The van der Waals surface area contributed by atoms with Gasteiger partial charge >= 0.3 is 5.97 Å². The van der Waals surface area contributed by atoms with Crippen molar-refractivity contribution in [2.45, 2.75) is 19.0 Å². The van der Waals surface area contributed by atoms with Gasteiger partial charge < -0.3 is 14.3 Å². The van der Waals surface area contributed by atoms with E-state index in [9.17, 15) is 10.1 Å². The Labute approximate surface area is 184 Å². The Balaban J connectivity index is 1.68. The standard InChI is InChI=1S/C24H20N4O2S/c1-15-11-18(16(2)28(15)19-8-6-7-17(12-19)23(29)30-3)13-20(14-25)31-24-26-21-9-4-5-10-22(21)27-24/h4-13H,1-3H3,(H,26,27)/b20-13+. The number of aromatic nitrogens is 3. The van der Waals surface area contributed by atoms with E-state index >= 15 is 0 Å². The van der Waals surface area contributed by atoms with Gasteiger partial charge in [0.1, 0.15) is 6.07 Å². The van der Waals surface area contributed by atoms with E-state index in [2.05, 4.69) is 20.6 Å². The molecule has 0 saturated heterocycles. The van der Waals surface area contributed by atoms with Crippen molar-refractivity contribution >= 4 is 34.8 Å². The molecule has 0 spiro atoms. The fraction of sp³-hybridized carbons (Fsp3) is 0.125. The van der Waals surface area contributed by atoms with E-state index in [4.69, 9.17) is 4.74 Å². The number of H-pyrrole nitrogens is 1. The minimum absolute atomic E-state index is 0.376. The predicted molar refractivity (Wildman–Crippen MR) is 122 cm³/mol. The zero-order chi connectivity index (χ0) is 22.0. The van der Waals surface area contributed by atoms with Crippen LogP contribution in [0, 0.1) is 25.2 Å². The molecule has 154 valence electrons. The van der Waals surface area contributed by atoms with E-state index in [0.29, 0.717) is 15.6 Å². The number of methoxy groups -OCH3 is 1. The van der Waals surface area contributed by atoms with E-state index in [-0.39, 0.29) is 5.97 Å². The number of hydrogen-bond acceptors (Lipinski definition) is 5. The first kappa shape index (κ1) is 20.5. The lowest BCUT2D eigenvalue weighted by Gasteiger charge is -2.11. The number of hydrogen-bond donors (Lipinski definition) is 1. The topological polar surface area (TPSA) is 83.7 Å². The molecule has 4 rings (SSSR count). The largest absolute Gasteiger partial charge is 0.465 e. The third kappa shape index (κ3) is 4.11. The van der Waals surface area contributed by atoms with Crippen molar-refractivity contribution in [2.75, 3.05) is 7.11 Å². The number of carbonyl (C=O) groups excluding carboxylic acids is 1. The number of imidazole rings is 1. The number of nitriles is 1. The van der Waals surface area contributed by atoms with Gasteiger partial charge in [0, 0.05) is 17.1 Å². The predicted octanol–water partition coefficient (Wildman–Crippen LogP) is 5.41. The number of thioether (sulfide) groups is 1. The number of ether oxygens (including phenoxy) is 1. The summed E-state index contributed by atoms with van der Waals surface area (Å²) in [5.41, 5.74) is 6.05. The highest BCUT2D eigenvalue weighted by molar-refractivity contribution is 8.03. The van der Waals surface area contributed by atoms with E-state index in [1.807, 2.05) is 62.4 Å². The quantitative estimate of drug-likeness (QED) is 0.261. The van der Waals surface area contributed by atoms with Crippen LogP contribution < -0.4 is 0 Å². The number of fused-ring (bicyclic) bond motifs is 1. The van der Waals surface area contributed by atoms with Gasteiger partial charge in [0.15, 0.2) is 5.16 Å². The molecule has 2 aromatic heterocycles. The third-order valence-electron chi connectivity index (χ3n) is 4.97. The lowest BCUT2D eigenvalue weighted by molar-refractivity contribution is 0.0600. The number of aryl methyl sites for hydroxylation is 1. The Morgan fingerprint density at radius 2 is 2.00 bits per heavy atom. The molecule has 0 atom stereocenters. The first-order chi connectivity index (χ1) is 15.0. The van der Waals surface area contributed by atoms with Crippen molar-refractivity contribution in [3.63, 3.8) is 0 Å². The Morgan fingerprint density at radius 3 is 2.74 bits per heavy atom. The second-order valence-corrected chi connectivity index (χ2v) is 8.02. The summed E-state index contributed by atoms with van der Waals surface area (Å²) in [6, 6.07) is 19.3. The van der Waals surface area contributed by atoms with E-state index in [1.165, 1.54) is 18.9 Å². The number of nitrogens with zero attached hydrogens (tertiary/aromatic N) is 3. The van der Waals surface area contributed by atoms with Crippen LogP contribution in [0.5, 0.6) is 0 Å². The van der Waals surface area contributed by atoms with Crippen LogP contribution in [0.2, 0.25) is 0 Å². The van der Waals surface area contributed by atoms with Crippen LogP contribution in [0.1, 0.15) is 27.3 Å². The summed E-state index contributed by atoms with van der Waals surface area (Å²) in [5.74, 6) is -0.376. The Morgan fingerprint density at radius 1 is 1.19 bits per heavy atom. The molecule has 0 radical (unpaired) electrons. The van der Waals surface area contributed by atoms with Crippen molar-refractivity contribution in [3.05, 3.63) is 82.0 Å². The SMILES string of the molecule is COC(=O)c1cccc(-n2c(C)cc(/C=C(\C#N)Sc3nc4ccccc4[nH]3)c2C)c1. The second kappa shape index (κ2) is 8.54. The first-order valence-electron chi connectivity index (χ1n) is 9.62. The van der Waals surface area contributed by atoms with Gasteiger partial charge in [-0.2, -0.15) is 5.26 Å². The normalized spacial score (nSPS) is 11.5. The van der Waals surface area contributed by atoms with Gasteiger partial charge in [-0.3, -0.25) is 0 Å². The van der Waals surface area contributed by atoms with Crippen LogP contribution in [-0.2, 0) is 4.74 Å². The number of esters is 1. The van der Waals surface area contributed by atoms with Gasteiger partial charge in [-0.1, -0.05) is 18.2 Å². The smallest absolute Gasteiger partial charge is 0.337 e. The highest BCUT2D eigenvalue weighted by atomic mass is 32.2. The van der Waals surface area contributed by atoms with Crippen molar-refractivity contribution in [1.29, 1.82) is 5.26 Å². The molecule has 0 bridgehead atoms. The van der Waals surface area contributed by atoms with Gasteiger partial charge in [0.2, 0.25) is 0 Å². The minimum atomic E-state index is -0.376. The molecule has 0 saturated carbocycles. The number of nitrogens with one attached hydrogen (secondary N) is 1. The Kier molecular flexibility index (Phi) is 5.65. The van der Waals surface area contributed by atoms with Crippen molar-refractivity contribution in [2.24, 2.45) is 0 Å². The van der Waals surface area contributed by atoms with Crippen molar-refractivity contribution < 1.29 is 9.53 Å². The summed E-state index contributed by atoms with van der Waals surface area (Å²) in [7, 11) is 1.37. The molecule has 0 aliphatic carbocycles. The maximum atomic E-state index is 11.9. The molecule has 31 heavy (non-hydrogen) atoms. The molecular weight excluding hydrogens is 408 g/mol. The van der Waals surface area contributed by atoms with Crippen LogP contribution in [0.4, 0.5) is 0 Å². The number of para-hydroxylation sites is 2. The Hall–Kier alpha value is -3.76. The number of aromatic amines is 1. The second-order valence-electron chi connectivity index (χ2n) is 6.99. The molecule has 7 heteroatoms. The van der Waals surface area contributed by atoms with E-state index in [1.54, 1.807) is 12.1 Å². The highest BCUT2D eigenvalue weighted by Gasteiger charge is 2.14. The van der Waals surface area contributed by atoms with Gasteiger partial charge in [-0.15, -0.1) is 0 Å². The van der Waals surface area contributed by atoms with Crippen LogP contribution in [0.15, 0.2) is 64.7 Å². The average molecular weight is 429 g/mol. The minimum Gasteiger partial charge on any atom is -0.465 e. The molecular formula is C24H20N4O2S. The number of rotatable bonds is 5. The average Bonchev–Trinajstić information content (AvgIpc) is 3.32. The van der Waals surface area contributed by atoms with Gasteiger partial charge in [0.05, 0.1) is 28.6 Å². The van der Waals surface area contributed by atoms with Gasteiger partial charge in [0.25, 0.3) is 0 Å². The van der Waals surface area contributed by atoms with Crippen LogP contribution in [0.3, 0.4) is 0 Å². The van der Waals surface area contributed by atoms with Gasteiger partial charge in [-0.05, 0) is 73.6 Å². The number of benzene rings is 2. The fourth-order valence-electron chi connectivity index (χ4n) is 3.53. The maximum Gasteiger partial charge on any atom is 0.337 e. The molecule has 2 aromatic carbocycles. The molecule has 0 aliphatic heterocycles. The fourth-order valence-corrected chi connectivity index (χ4v) is 4.27. The molecule has 1 N–H and O–H groups in total. The first-order valence-corrected chi connectivity index (χ1v) is 10.4. The molecule has 0 amide bonds. The van der Waals surface area contributed by atoms with Crippen LogP contribution in [-0.4, -0.2) is 27.6 Å². The van der Waals surface area contributed by atoms with Crippen LogP contribution >= 0.6 is 11.8 Å². The van der Waals surface area contributed by atoms with Crippen LogP contribution in [0.25, 0.3) is 22.8 Å². The number of allylic oxidation sites excluding steroid dienone is 1. The number of carbonyl (C=O) groups is 1. The van der Waals surface area contributed by atoms with E-state index in [0.717, 1.165) is 33.7 Å².